The van der Waals surface area contributed by atoms with Crippen LogP contribution in [0.15, 0.2) is 72.9 Å². The van der Waals surface area contributed by atoms with Crippen molar-refractivity contribution in [1.29, 1.82) is 0 Å². The first-order valence-electron chi connectivity index (χ1n) is 28.5. The Bertz CT molecular complexity index is 1180. The summed E-state index contributed by atoms with van der Waals surface area (Å²) in [6, 6.07) is 0. The molecule has 0 heterocycles. The number of hydrogen-bond acceptors (Lipinski definition) is 5. The smallest absolute Gasteiger partial charge is 0.306 e. The Morgan fingerprint density at radius 3 is 1.14 bits per heavy atom. The second kappa shape index (κ2) is 56.7. The second-order valence-corrected chi connectivity index (χ2v) is 18.8. The molecular formula is C61H108O5. The summed E-state index contributed by atoms with van der Waals surface area (Å²) in [4.78, 5) is 25.5. The molecular weight excluding hydrogens is 813 g/mol. The quantitative estimate of drug-likeness (QED) is 0.0346. The van der Waals surface area contributed by atoms with Crippen LogP contribution in [0, 0.1) is 0 Å². The summed E-state index contributed by atoms with van der Waals surface area (Å²) in [6.07, 6.45) is 73.4. The van der Waals surface area contributed by atoms with Crippen LogP contribution in [0.25, 0.3) is 0 Å². The van der Waals surface area contributed by atoms with Gasteiger partial charge in [-0.3, -0.25) is 9.59 Å². The van der Waals surface area contributed by atoms with Crippen LogP contribution in [-0.4, -0.2) is 37.9 Å². The van der Waals surface area contributed by atoms with E-state index in [0.717, 1.165) is 83.5 Å². The van der Waals surface area contributed by atoms with E-state index in [4.69, 9.17) is 14.2 Å². The first-order chi connectivity index (χ1) is 32.6. The second-order valence-electron chi connectivity index (χ2n) is 18.8. The summed E-state index contributed by atoms with van der Waals surface area (Å²) in [5, 5.41) is 0. The highest BCUT2D eigenvalue weighted by molar-refractivity contribution is 5.70. The van der Waals surface area contributed by atoms with Gasteiger partial charge in [0.25, 0.3) is 0 Å². The standard InChI is InChI=1S/C61H108O5/c1-4-7-10-13-16-19-22-25-28-30-32-35-38-41-44-47-50-53-56-64-57-59(66-61(63)55-52-49-46-43-40-37-33-27-24-21-18-15-12-9-6-3)58-65-60(62)54-51-48-45-42-39-36-34-31-29-26-23-20-17-14-11-8-5-2/h7,10,16,18-19,21,25-29,33,59H,4-6,8-9,11-15,17,20,22-24,30-32,34-58H2,1-3H3/b10-7-,19-16-,21-18-,28-25-,29-26-,33-27-. The zero-order chi connectivity index (χ0) is 47.7. The number of hydrogen-bond donors (Lipinski definition) is 0. The van der Waals surface area contributed by atoms with E-state index in [-0.39, 0.29) is 25.2 Å². The third kappa shape index (κ3) is 54.0. The van der Waals surface area contributed by atoms with Gasteiger partial charge in [-0.25, -0.2) is 0 Å². The molecule has 0 N–H and O–H groups in total. The minimum Gasteiger partial charge on any atom is -0.462 e. The lowest BCUT2D eigenvalue weighted by Crippen LogP contribution is -2.30. The topological polar surface area (TPSA) is 61.8 Å². The lowest BCUT2D eigenvalue weighted by Gasteiger charge is -2.18. The maximum Gasteiger partial charge on any atom is 0.306 e. The summed E-state index contributed by atoms with van der Waals surface area (Å²) in [5.41, 5.74) is 0. The number of carbonyl (C=O) groups is 2. The van der Waals surface area contributed by atoms with Crippen molar-refractivity contribution in [3.63, 3.8) is 0 Å². The predicted octanol–water partition coefficient (Wildman–Crippen LogP) is 19.5. The van der Waals surface area contributed by atoms with Gasteiger partial charge in [0, 0.05) is 19.4 Å². The van der Waals surface area contributed by atoms with E-state index in [9.17, 15) is 9.59 Å². The van der Waals surface area contributed by atoms with Gasteiger partial charge in [0.15, 0.2) is 6.10 Å². The number of rotatable bonds is 52. The average Bonchev–Trinajstić information content (AvgIpc) is 3.32. The summed E-state index contributed by atoms with van der Waals surface area (Å²) >= 11 is 0. The van der Waals surface area contributed by atoms with Gasteiger partial charge in [-0.15, -0.1) is 0 Å². The average molecular weight is 922 g/mol. The first kappa shape index (κ1) is 63.3. The van der Waals surface area contributed by atoms with Gasteiger partial charge in [0.2, 0.25) is 0 Å². The maximum absolute atomic E-state index is 12.8. The van der Waals surface area contributed by atoms with Crippen molar-refractivity contribution in [2.75, 3.05) is 19.8 Å². The third-order valence-corrected chi connectivity index (χ3v) is 12.2. The highest BCUT2D eigenvalue weighted by Crippen LogP contribution is 2.15. The molecule has 5 nitrogen and oxygen atoms in total. The molecule has 66 heavy (non-hydrogen) atoms. The first-order valence-corrected chi connectivity index (χ1v) is 28.5. The van der Waals surface area contributed by atoms with Gasteiger partial charge in [-0.2, -0.15) is 0 Å². The molecule has 0 saturated heterocycles. The number of ether oxygens (including phenoxy) is 3. The monoisotopic (exact) mass is 921 g/mol. The molecule has 0 aliphatic carbocycles. The van der Waals surface area contributed by atoms with Crippen LogP contribution in [0.4, 0.5) is 0 Å². The van der Waals surface area contributed by atoms with E-state index in [2.05, 4.69) is 93.7 Å². The van der Waals surface area contributed by atoms with Gasteiger partial charge in [-0.05, 0) is 109 Å². The Morgan fingerprint density at radius 2 is 0.682 bits per heavy atom. The highest BCUT2D eigenvalue weighted by Gasteiger charge is 2.17. The molecule has 0 amide bonds. The number of unbranched alkanes of at least 4 members (excludes halogenated alkanes) is 29. The normalized spacial score (nSPS) is 12.7. The van der Waals surface area contributed by atoms with Gasteiger partial charge in [-0.1, -0.05) is 229 Å². The molecule has 0 radical (unpaired) electrons. The van der Waals surface area contributed by atoms with Crippen molar-refractivity contribution < 1.29 is 23.8 Å². The van der Waals surface area contributed by atoms with E-state index in [1.807, 2.05) is 0 Å². The van der Waals surface area contributed by atoms with E-state index in [1.54, 1.807) is 0 Å². The Kier molecular flexibility index (Phi) is 54.4. The largest absolute Gasteiger partial charge is 0.462 e. The SMILES string of the molecule is CC/C=C\C/C=C\C/C=C\CCCCCCCCCCOCC(COC(=O)CCCCCCCCC/C=C\CCCCCCCC)OC(=O)CCCCCCC/C=C\C/C=C\CCCCC. The van der Waals surface area contributed by atoms with Gasteiger partial charge < -0.3 is 14.2 Å². The molecule has 0 spiro atoms. The summed E-state index contributed by atoms with van der Waals surface area (Å²) in [6.45, 7) is 7.68. The Labute approximate surface area is 410 Å². The van der Waals surface area contributed by atoms with Gasteiger partial charge >= 0.3 is 11.9 Å². The van der Waals surface area contributed by atoms with Crippen molar-refractivity contribution in [2.45, 2.75) is 284 Å². The molecule has 0 aromatic heterocycles. The molecule has 0 rings (SSSR count). The molecule has 382 valence electrons. The summed E-state index contributed by atoms with van der Waals surface area (Å²) < 4.78 is 17.5. The van der Waals surface area contributed by atoms with Crippen LogP contribution < -0.4 is 0 Å². The lowest BCUT2D eigenvalue weighted by atomic mass is 10.1. The van der Waals surface area contributed by atoms with Crippen LogP contribution in [0.2, 0.25) is 0 Å². The number of carbonyl (C=O) groups excluding carboxylic acids is 2. The Balaban J connectivity index is 4.30. The zero-order valence-electron chi connectivity index (χ0n) is 44.0. The van der Waals surface area contributed by atoms with Crippen molar-refractivity contribution >= 4 is 11.9 Å². The highest BCUT2D eigenvalue weighted by atomic mass is 16.6. The predicted molar refractivity (Wildman–Crippen MR) is 288 cm³/mol. The third-order valence-electron chi connectivity index (χ3n) is 12.2. The summed E-state index contributed by atoms with van der Waals surface area (Å²) in [5.74, 6) is -0.415. The van der Waals surface area contributed by atoms with Crippen LogP contribution in [-0.2, 0) is 23.8 Å². The zero-order valence-corrected chi connectivity index (χ0v) is 44.0. The van der Waals surface area contributed by atoms with Crippen molar-refractivity contribution in [3.05, 3.63) is 72.9 Å². The Morgan fingerprint density at radius 1 is 0.348 bits per heavy atom. The minimum absolute atomic E-state index is 0.0733. The van der Waals surface area contributed by atoms with Crippen LogP contribution >= 0.6 is 0 Å². The van der Waals surface area contributed by atoms with Crippen LogP contribution in [0.3, 0.4) is 0 Å². The van der Waals surface area contributed by atoms with Crippen LogP contribution in [0.1, 0.15) is 278 Å². The number of allylic oxidation sites excluding steroid dienone is 12. The molecule has 0 saturated carbocycles. The van der Waals surface area contributed by atoms with E-state index >= 15 is 0 Å². The summed E-state index contributed by atoms with van der Waals surface area (Å²) in [7, 11) is 0. The maximum atomic E-state index is 12.8. The fourth-order valence-electron chi connectivity index (χ4n) is 7.96. The minimum atomic E-state index is -0.552. The van der Waals surface area contributed by atoms with E-state index < -0.39 is 6.10 Å². The Hall–Kier alpha value is -2.66. The number of esters is 2. The fourth-order valence-corrected chi connectivity index (χ4v) is 7.96. The lowest BCUT2D eigenvalue weighted by molar-refractivity contribution is -0.163. The molecule has 0 bridgehead atoms. The molecule has 0 fully saturated rings. The molecule has 0 aliphatic rings. The van der Waals surface area contributed by atoms with E-state index in [1.165, 1.54) is 161 Å². The molecule has 0 aliphatic heterocycles. The van der Waals surface area contributed by atoms with Crippen molar-refractivity contribution in [2.24, 2.45) is 0 Å². The van der Waals surface area contributed by atoms with Crippen molar-refractivity contribution in [1.82, 2.24) is 0 Å². The molecule has 5 heteroatoms. The molecule has 0 aromatic rings. The molecule has 1 atom stereocenters. The van der Waals surface area contributed by atoms with Gasteiger partial charge in [0.1, 0.15) is 6.61 Å². The van der Waals surface area contributed by atoms with Crippen LogP contribution in [0.5, 0.6) is 0 Å². The van der Waals surface area contributed by atoms with Gasteiger partial charge in [0.05, 0.1) is 6.61 Å². The molecule has 0 aromatic carbocycles. The van der Waals surface area contributed by atoms with E-state index in [0.29, 0.717) is 19.4 Å². The molecule has 1 unspecified atom stereocenters. The fraction of sp³-hybridized carbons (Fsp3) is 0.770. The van der Waals surface area contributed by atoms with Crippen molar-refractivity contribution in [3.8, 4) is 0 Å².